The molecule has 0 aromatic heterocycles. The predicted molar refractivity (Wildman–Crippen MR) is 97.0 cm³/mol. The van der Waals surface area contributed by atoms with Crippen LogP contribution in [-0.4, -0.2) is 12.6 Å². The molecule has 0 fully saturated rings. The summed E-state index contributed by atoms with van der Waals surface area (Å²) < 4.78 is 38.7. The average molecular weight is 382 g/mol. The van der Waals surface area contributed by atoms with Crippen LogP contribution in [-0.2, 0) is 14.3 Å². The molecule has 0 bridgehead atoms. The van der Waals surface area contributed by atoms with Crippen molar-refractivity contribution in [3.8, 4) is 6.07 Å². The minimum Gasteiger partial charge on any atom is -0.463 e. The molecule has 0 saturated carbocycles. The highest BCUT2D eigenvalue weighted by Crippen LogP contribution is 2.43. The van der Waals surface area contributed by atoms with E-state index in [-0.39, 0.29) is 35.0 Å². The number of rotatable bonds is 4. The first-order chi connectivity index (χ1) is 13.5. The molecular formula is C21H16F2N2O3. The topological polar surface area (TPSA) is 85.3 Å². The second kappa shape index (κ2) is 7.92. The Kier molecular flexibility index (Phi) is 5.41. The van der Waals surface area contributed by atoms with Crippen molar-refractivity contribution in [1.29, 1.82) is 5.26 Å². The summed E-state index contributed by atoms with van der Waals surface area (Å²) in [6, 6.07) is 13.3. The van der Waals surface area contributed by atoms with Crippen molar-refractivity contribution in [3.63, 3.8) is 0 Å². The lowest BCUT2D eigenvalue weighted by atomic mass is 9.81. The number of allylic oxidation sites excluding steroid dienone is 1. The number of carbonyl (C=O) groups is 1. The summed E-state index contributed by atoms with van der Waals surface area (Å²) in [6.07, 6.45) is 0. The van der Waals surface area contributed by atoms with Crippen molar-refractivity contribution in [2.75, 3.05) is 6.61 Å². The highest BCUT2D eigenvalue weighted by molar-refractivity contribution is 5.99. The number of nitriles is 1. The van der Waals surface area contributed by atoms with E-state index in [2.05, 4.69) is 0 Å². The second-order valence-corrected chi connectivity index (χ2v) is 5.92. The van der Waals surface area contributed by atoms with Gasteiger partial charge in [0, 0.05) is 17.2 Å². The summed E-state index contributed by atoms with van der Waals surface area (Å²) in [7, 11) is 0. The van der Waals surface area contributed by atoms with E-state index in [1.807, 2.05) is 6.07 Å². The van der Waals surface area contributed by atoms with Crippen LogP contribution < -0.4 is 5.73 Å². The molecule has 1 aliphatic heterocycles. The van der Waals surface area contributed by atoms with E-state index in [9.17, 15) is 18.8 Å². The number of hydrogen-bond donors (Lipinski definition) is 1. The standard InChI is InChI=1S/C21H16F2N2O3/c1-2-27-21(26)18-17(14-9-8-13(22)10-16(14)23)15(11-24)20(25)28-19(18)12-6-4-3-5-7-12/h3-10,17H,2,25H2,1H3. The molecule has 2 aromatic carbocycles. The zero-order valence-corrected chi connectivity index (χ0v) is 14.9. The first-order valence-electron chi connectivity index (χ1n) is 8.47. The SMILES string of the molecule is CCOC(=O)C1=C(c2ccccc2)OC(N)=C(C#N)C1c1ccc(F)cc1F. The molecule has 0 radical (unpaired) electrons. The molecule has 1 unspecified atom stereocenters. The van der Waals surface area contributed by atoms with Crippen LogP contribution in [0.4, 0.5) is 8.78 Å². The highest BCUT2D eigenvalue weighted by atomic mass is 19.1. The molecule has 1 heterocycles. The van der Waals surface area contributed by atoms with Gasteiger partial charge in [0.15, 0.2) is 0 Å². The van der Waals surface area contributed by atoms with E-state index in [0.717, 1.165) is 6.07 Å². The van der Waals surface area contributed by atoms with Gasteiger partial charge in [-0.1, -0.05) is 36.4 Å². The van der Waals surface area contributed by atoms with Gasteiger partial charge in [0.2, 0.25) is 5.88 Å². The molecule has 3 rings (SSSR count). The zero-order chi connectivity index (χ0) is 20.3. The van der Waals surface area contributed by atoms with Crippen molar-refractivity contribution < 1.29 is 23.0 Å². The van der Waals surface area contributed by atoms with Crippen LogP contribution in [0.15, 0.2) is 65.6 Å². The van der Waals surface area contributed by atoms with Crippen molar-refractivity contribution in [1.82, 2.24) is 0 Å². The van der Waals surface area contributed by atoms with Gasteiger partial charge in [-0.15, -0.1) is 0 Å². The fraction of sp³-hybridized carbons (Fsp3) is 0.143. The average Bonchev–Trinajstić information content (AvgIpc) is 2.68. The van der Waals surface area contributed by atoms with Crippen LogP contribution in [0.1, 0.15) is 24.0 Å². The van der Waals surface area contributed by atoms with Crippen molar-refractivity contribution in [2.24, 2.45) is 5.73 Å². The lowest BCUT2D eigenvalue weighted by Crippen LogP contribution is -2.26. The van der Waals surface area contributed by atoms with Crippen LogP contribution >= 0.6 is 0 Å². The van der Waals surface area contributed by atoms with E-state index in [1.165, 1.54) is 6.07 Å². The number of carbonyl (C=O) groups excluding carboxylic acids is 1. The fourth-order valence-electron chi connectivity index (χ4n) is 3.03. The molecule has 142 valence electrons. The second-order valence-electron chi connectivity index (χ2n) is 5.92. The number of benzene rings is 2. The molecular weight excluding hydrogens is 366 g/mol. The van der Waals surface area contributed by atoms with Gasteiger partial charge in [-0.2, -0.15) is 5.26 Å². The summed E-state index contributed by atoms with van der Waals surface area (Å²) in [4.78, 5) is 12.8. The van der Waals surface area contributed by atoms with Gasteiger partial charge in [0.05, 0.1) is 18.1 Å². The highest BCUT2D eigenvalue weighted by Gasteiger charge is 2.39. The molecule has 0 amide bonds. The molecule has 5 nitrogen and oxygen atoms in total. The normalized spacial score (nSPS) is 16.4. The van der Waals surface area contributed by atoms with Crippen LogP contribution in [0, 0.1) is 23.0 Å². The largest absolute Gasteiger partial charge is 0.463 e. The van der Waals surface area contributed by atoms with Gasteiger partial charge < -0.3 is 15.2 Å². The van der Waals surface area contributed by atoms with Crippen molar-refractivity contribution in [3.05, 3.63) is 88.3 Å². The maximum atomic E-state index is 14.6. The zero-order valence-electron chi connectivity index (χ0n) is 14.9. The van der Waals surface area contributed by atoms with E-state index < -0.39 is 23.5 Å². The maximum absolute atomic E-state index is 14.6. The Morgan fingerprint density at radius 2 is 1.96 bits per heavy atom. The Labute approximate surface area is 160 Å². The van der Waals surface area contributed by atoms with Gasteiger partial charge in [-0.3, -0.25) is 0 Å². The van der Waals surface area contributed by atoms with Gasteiger partial charge in [0.25, 0.3) is 0 Å². The molecule has 1 aliphatic rings. The predicted octanol–water partition coefficient (Wildman–Crippen LogP) is 3.75. The Bertz CT molecular complexity index is 1020. The lowest BCUT2D eigenvalue weighted by molar-refractivity contribution is -0.138. The number of nitrogens with two attached hydrogens (primary N) is 1. The third-order valence-electron chi connectivity index (χ3n) is 4.22. The molecule has 1 atom stereocenters. The summed E-state index contributed by atoms with van der Waals surface area (Å²) in [5.74, 6) is -3.88. The molecule has 7 heteroatoms. The third-order valence-corrected chi connectivity index (χ3v) is 4.22. The minimum atomic E-state index is -1.20. The number of nitrogens with zero attached hydrogens (tertiary/aromatic N) is 1. The molecule has 0 aliphatic carbocycles. The quantitative estimate of drug-likeness (QED) is 0.814. The number of esters is 1. The summed E-state index contributed by atoms with van der Waals surface area (Å²) in [5.41, 5.74) is 6.09. The van der Waals surface area contributed by atoms with E-state index in [0.29, 0.717) is 11.6 Å². The Morgan fingerprint density at radius 1 is 1.25 bits per heavy atom. The number of ether oxygens (including phenoxy) is 2. The van der Waals surface area contributed by atoms with Crippen LogP contribution in [0.25, 0.3) is 5.76 Å². The molecule has 28 heavy (non-hydrogen) atoms. The minimum absolute atomic E-state index is 0.0595. The number of halogens is 2. The van der Waals surface area contributed by atoms with E-state index in [1.54, 1.807) is 37.3 Å². The smallest absolute Gasteiger partial charge is 0.338 e. The van der Waals surface area contributed by atoms with E-state index >= 15 is 0 Å². The molecule has 2 N–H and O–H groups in total. The Balaban J connectivity index is 2.31. The summed E-state index contributed by atoms with van der Waals surface area (Å²) in [5, 5.41) is 9.59. The Morgan fingerprint density at radius 3 is 2.57 bits per heavy atom. The maximum Gasteiger partial charge on any atom is 0.338 e. The molecule has 0 spiro atoms. The molecule has 0 saturated heterocycles. The van der Waals surface area contributed by atoms with E-state index in [4.69, 9.17) is 15.2 Å². The first-order valence-corrected chi connectivity index (χ1v) is 8.47. The molecule has 2 aromatic rings. The van der Waals surface area contributed by atoms with Crippen LogP contribution in [0.5, 0.6) is 0 Å². The monoisotopic (exact) mass is 382 g/mol. The van der Waals surface area contributed by atoms with Crippen LogP contribution in [0.3, 0.4) is 0 Å². The van der Waals surface area contributed by atoms with Crippen molar-refractivity contribution in [2.45, 2.75) is 12.8 Å². The van der Waals surface area contributed by atoms with Gasteiger partial charge in [0.1, 0.15) is 29.0 Å². The van der Waals surface area contributed by atoms with Gasteiger partial charge >= 0.3 is 5.97 Å². The van der Waals surface area contributed by atoms with Gasteiger partial charge in [-0.05, 0) is 13.0 Å². The van der Waals surface area contributed by atoms with Crippen LogP contribution in [0.2, 0.25) is 0 Å². The third kappa shape index (κ3) is 3.45. The Hall–Kier alpha value is -3.66. The van der Waals surface area contributed by atoms with Crippen molar-refractivity contribution >= 4 is 11.7 Å². The number of hydrogen-bond acceptors (Lipinski definition) is 5. The van der Waals surface area contributed by atoms with Gasteiger partial charge in [-0.25, -0.2) is 13.6 Å². The first kappa shape index (κ1) is 19.1. The fourth-order valence-corrected chi connectivity index (χ4v) is 3.03. The lowest BCUT2D eigenvalue weighted by Gasteiger charge is -2.28. The summed E-state index contributed by atoms with van der Waals surface area (Å²) >= 11 is 0. The summed E-state index contributed by atoms with van der Waals surface area (Å²) in [6.45, 7) is 1.68.